The van der Waals surface area contributed by atoms with Crippen molar-refractivity contribution in [2.75, 3.05) is 7.11 Å². The van der Waals surface area contributed by atoms with Crippen molar-refractivity contribution in [2.24, 2.45) is 5.73 Å². The fraction of sp³-hybridized carbons (Fsp3) is 0.300. The average Bonchev–Trinajstić information content (AvgIpc) is 2.16. The molecule has 1 unspecified atom stereocenters. The molecule has 0 saturated carbocycles. The van der Waals surface area contributed by atoms with E-state index in [-0.39, 0.29) is 0 Å². The van der Waals surface area contributed by atoms with Crippen molar-refractivity contribution >= 4 is 5.97 Å². The van der Waals surface area contributed by atoms with Crippen LogP contribution in [0.15, 0.2) is 24.3 Å². The number of para-hydroxylation sites is 1. The molecule has 0 amide bonds. The molecule has 0 aliphatic carbocycles. The molecule has 0 aliphatic rings. The molecule has 1 aromatic carbocycles. The molecular formula is C10H13NO3. The molecule has 0 aromatic heterocycles. The highest BCUT2D eigenvalue weighted by molar-refractivity contribution is 5.92. The van der Waals surface area contributed by atoms with Crippen molar-refractivity contribution in [3.05, 3.63) is 29.8 Å². The number of hydrogen-bond donors (Lipinski definition) is 1. The van der Waals surface area contributed by atoms with Crippen molar-refractivity contribution in [3.8, 4) is 5.75 Å². The molecule has 76 valence electrons. The molecular weight excluding hydrogens is 182 g/mol. The standard InChI is InChI=1S/C10H13NO3/c1-7(11)14-10(12)8-5-3-4-6-9(8)13-2/h3-7H,11H2,1-2H3. The summed E-state index contributed by atoms with van der Waals surface area (Å²) in [5.41, 5.74) is 5.72. The number of methoxy groups -OCH3 is 1. The van der Waals surface area contributed by atoms with Crippen LogP contribution >= 0.6 is 0 Å². The number of ether oxygens (including phenoxy) is 2. The summed E-state index contributed by atoms with van der Waals surface area (Å²) in [7, 11) is 1.50. The number of carbonyl (C=O) groups is 1. The highest BCUT2D eigenvalue weighted by Crippen LogP contribution is 2.18. The molecule has 0 saturated heterocycles. The number of hydrogen-bond acceptors (Lipinski definition) is 4. The molecule has 4 nitrogen and oxygen atoms in total. The third-order valence-electron chi connectivity index (χ3n) is 1.62. The lowest BCUT2D eigenvalue weighted by Gasteiger charge is -2.10. The van der Waals surface area contributed by atoms with Crippen molar-refractivity contribution in [3.63, 3.8) is 0 Å². The van der Waals surface area contributed by atoms with E-state index in [0.29, 0.717) is 11.3 Å². The Morgan fingerprint density at radius 1 is 1.43 bits per heavy atom. The van der Waals surface area contributed by atoms with Gasteiger partial charge in [-0.15, -0.1) is 0 Å². The Hall–Kier alpha value is -1.55. The zero-order valence-corrected chi connectivity index (χ0v) is 8.19. The maximum atomic E-state index is 11.5. The summed E-state index contributed by atoms with van der Waals surface area (Å²) in [6.07, 6.45) is -0.618. The quantitative estimate of drug-likeness (QED) is 0.580. The van der Waals surface area contributed by atoms with Gasteiger partial charge in [-0.1, -0.05) is 12.1 Å². The van der Waals surface area contributed by atoms with Crippen LogP contribution in [0.5, 0.6) is 5.75 Å². The molecule has 2 N–H and O–H groups in total. The first-order valence-corrected chi connectivity index (χ1v) is 4.24. The Balaban J connectivity index is 2.88. The van der Waals surface area contributed by atoms with Crippen LogP contribution in [-0.4, -0.2) is 19.3 Å². The van der Waals surface area contributed by atoms with Gasteiger partial charge < -0.3 is 9.47 Å². The second-order valence-corrected chi connectivity index (χ2v) is 2.81. The predicted molar refractivity (Wildman–Crippen MR) is 52.1 cm³/mol. The molecule has 0 heterocycles. The van der Waals surface area contributed by atoms with Crippen molar-refractivity contribution in [2.45, 2.75) is 13.2 Å². The number of carbonyl (C=O) groups excluding carboxylic acids is 1. The Morgan fingerprint density at radius 3 is 2.64 bits per heavy atom. The minimum absolute atomic E-state index is 0.382. The normalized spacial score (nSPS) is 11.9. The molecule has 1 atom stereocenters. The molecule has 0 fully saturated rings. The molecule has 4 heteroatoms. The van der Waals surface area contributed by atoms with E-state index in [9.17, 15) is 4.79 Å². The number of esters is 1. The first kappa shape index (κ1) is 10.5. The van der Waals surface area contributed by atoms with E-state index < -0.39 is 12.2 Å². The molecule has 1 aromatic rings. The van der Waals surface area contributed by atoms with E-state index in [1.165, 1.54) is 7.11 Å². The Morgan fingerprint density at radius 2 is 2.07 bits per heavy atom. The van der Waals surface area contributed by atoms with Gasteiger partial charge in [0.05, 0.1) is 7.11 Å². The van der Waals surface area contributed by atoms with Gasteiger partial charge >= 0.3 is 5.97 Å². The summed E-state index contributed by atoms with van der Waals surface area (Å²) >= 11 is 0. The molecule has 1 rings (SSSR count). The Labute approximate surface area is 82.6 Å². The molecule has 0 spiro atoms. The summed E-state index contributed by atoms with van der Waals surface area (Å²) in [6, 6.07) is 6.84. The summed E-state index contributed by atoms with van der Waals surface area (Å²) in [4.78, 5) is 11.5. The lowest BCUT2D eigenvalue weighted by molar-refractivity contribution is 0.0352. The third-order valence-corrected chi connectivity index (χ3v) is 1.62. The van der Waals surface area contributed by atoms with Crippen LogP contribution in [-0.2, 0) is 4.74 Å². The topological polar surface area (TPSA) is 61.5 Å². The SMILES string of the molecule is COc1ccccc1C(=O)OC(C)N. The highest BCUT2D eigenvalue weighted by atomic mass is 16.6. The molecule has 0 bridgehead atoms. The van der Waals surface area contributed by atoms with E-state index in [1.807, 2.05) is 0 Å². The zero-order valence-electron chi connectivity index (χ0n) is 8.19. The van der Waals surface area contributed by atoms with Gasteiger partial charge in [-0.3, -0.25) is 5.73 Å². The lowest BCUT2D eigenvalue weighted by Crippen LogP contribution is -2.23. The summed E-state index contributed by atoms with van der Waals surface area (Å²) in [6.45, 7) is 1.59. The van der Waals surface area contributed by atoms with Crippen molar-refractivity contribution in [1.82, 2.24) is 0 Å². The second-order valence-electron chi connectivity index (χ2n) is 2.81. The largest absolute Gasteiger partial charge is 0.496 e. The van der Waals surface area contributed by atoms with Crippen LogP contribution in [0.4, 0.5) is 0 Å². The van der Waals surface area contributed by atoms with Gasteiger partial charge in [0.15, 0.2) is 0 Å². The van der Waals surface area contributed by atoms with E-state index in [2.05, 4.69) is 0 Å². The monoisotopic (exact) mass is 195 g/mol. The first-order chi connectivity index (χ1) is 6.65. The maximum Gasteiger partial charge on any atom is 0.343 e. The van der Waals surface area contributed by atoms with Crippen LogP contribution in [0, 0.1) is 0 Å². The van der Waals surface area contributed by atoms with Gasteiger partial charge in [0.1, 0.15) is 17.5 Å². The zero-order chi connectivity index (χ0) is 10.6. The fourth-order valence-electron chi connectivity index (χ4n) is 1.05. The van der Waals surface area contributed by atoms with E-state index >= 15 is 0 Å². The third kappa shape index (κ3) is 2.47. The molecule has 0 radical (unpaired) electrons. The lowest BCUT2D eigenvalue weighted by atomic mass is 10.2. The van der Waals surface area contributed by atoms with E-state index in [1.54, 1.807) is 31.2 Å². The minimum Gasteiger partial charge on any atom is -0.496 e. The van der Waals surface area contributed by atoms with Crippen LogP contribution in [0.3, 0.4) is 0 Å². The summed E-state index contributed by atoms with van der Waals surface area (Å²) in [5.74, 6) is 0.00981. The Kier molecular flexibility index (Phi) is 3.48. The maximum absolute atomic E-state index is 11.5. The minimum atomic E-state index is -0.618. The van der Waals surface area contributed by atoms with Gasteiger partial charge in [-0.25, -0.2) is 4.79 Å². The van der Waals surface area contributed by atoms with Gasteiger partial charge in [-0.05, 0) is 19.1 Å². The molecule has 14 heavy (non-hydrogen) atoms. The van der Waals surface area contributed by atoms with Crippen molar-refractivity contribution < 1.29 is 14.3 Å². The average molecular weight is 195 g/mol. The van der Waals surface area contributed by atoms with Crippen LogP contribution < -0.4 is 10.5 Å². The fourth-order valence-corrected chi connectivity index (χ4v) is 1.05. The number of rotatable bonds is 3. The first-order valence-electron chi connectivity index (χ1n) is 4.24. The van der Waals surface area contributed by atoms with Gasteiger partial charge in [-0.2, -0.15) is 0 Å². The van der Waals surface area contributed by atoms with E-state index in [0.717, 1.165) is 0 Å². The number of nitrogens with two attached hydrogens (primary N) is 1. The summed E-state index contributed by atoms with van der Waals surface area (Å²) < 4.78 is 9.84. The Bertz CT molecular complexity index is 323. The molecule has 0 aliphatic heterocycles. The predicted octanol–water partition coefficient (Wildman–Crippen LogP) is 1.16. The summed E-state index contributed by atoms with van der Waals surface area (Å²) in [5, 5.41) is 0. The van der Waals surface area contributed by atoms with Gasteiger partial charge in [0.25, 0.3) is 0 Å². The van der Waals surface area contributed by atoms with Crippen LogP contribution in [0.25, 0.3) is 0 Å². The second kappa shape index (κ2) is 4.62. The van der Waals surface area contributed by atoms with Crippen molar-refractivity contribution in [1.29, 1.82) is 0 Å². The highest BCUT2D eigenvalue weighted by Gasteiger charge is 2.13. The van der Waals surface area contributed by atoms with Crippen LogP contribution in [0.1, 0.15) is 17.3 Å². The van der Waals surface area contributed by atoms with Gasteiger partial charge in [0.2, 0.25) is 0 Å². The van der Waals surface area contributed by atoms with Gasteiger partial charge in [0, 0.05) is 0 Å². The number of benzene rings is 1. The van der Waals surface area contributed by atoms with E-state index in [4.69, 9.17) is 15.2 Å². The smallest absolute Gasteiger partial charge is 0.343 e. The van der Waals surface area contributed by atoms with Crippen LogP contribution in [0.2, 0.25) is 0 Å².